The van der Waals surface area contributed by atoms with Gasteiger partial charge in [0.1, 0.15) is 0 Å². The van der Waals surface area contributed by atoms with Gasteiger partial charge in [0.25, 0.3) is 0 Å². The minimum Gasteiger partial charge on any atom is -0.344 e. The molecule has 0 bridgehead atoms. The quantitative estimate of drug-likeness (QED) is 0.801. The molecule has 0 aliphatic carbocycles. The van der Waals surface area contributed by atoms with E-state index in [0.29, 0.717) is 11.3 Å². The van der Waals surface area contributed by atoms with Crippen molar-refractivity contribution in [3.8, 4) is 6.07 Å². The molecule has 4 heteroatoms. The van der Waals surface area contributed by atoms with Crippen molar-refractivity contribution in [2.45, 2.75) is 23.6 Å². The Morgan fingerprint density at radius 1 is 1.37 bits per heavy atom. The number of aromatic nitrogens is 1. The number of carbonyl (C=O) groups is 1. The van der Waals surface area contributed by atoms with Gasteiger partial charge in [-0.3, -0.25) is 4.79 Å². The van der Waals surface area contributed by atoms with Crippen molar-refractivity contribution in [3.63, 3.8) is 0 Å². The molecule has 1 heterocycles. The van der Waals surface area contributed by atoms with E-state index in [0.717, 1.165) is 15.5 Å². The lowest BCUT2D eigenvalue weighted by Gasteiger charge is -2.03. The molecule has 0 radical (unpaired) electrons. The highest BCUT2D eigenvalue weighted by atomic mass is 32.2. The lowest BCUT2D eigenvalue weighted by atomic mass is 10.2. The van der Waals surface area contributed by atoms with E-state index in [-0.39, 0.29) is 5.78 Å². The number of ketones is 1. The Hall–Kier alpha value is -1.99. The van der Waals surface area contributed by atoms with Gasteiger partial charge >= 0.3 is 0 Å². The van der Waals surface area contributed by atoms with E-state index in [2.05, 4.69) is 6.07 Å². The molecule has 0 spiro atoms. The number of hydrogen-bond donors (Lipinski definition) is 0. The Kier molecular flexibility index (Phi) is 3.77. The average molecular weight is 270 g/mol. The SMILES string of the molecule is CC(=O)c1cc(Sc2cccc(C#N)c2)c(C)n1C. The van der Waals surface area contributed by atoms with Gasteiger partial charge in [-0.2, -0.15) is 5.26 Å². The number of Topliss-reactive ketones (excluding diaryl/α,β-unsaturated/α-hetero) is 1. The van der Waals surface area contributed by atoms with Gasteiger partial charge in [-0.25, -0.2) is 0 Å². The van der Waals surface area contributed by atoms with E-state index in [1.54, 1.807) is 24.8 Å². The third-order valence-corrected chi connectivity index (χ3v) is 4.16. The molecule has 0 saturated heterocycles. The maximum atomic E-state index is 11.5. The number of carbonyl (C=O) groups excluding carboxylic acids is 1. The first kappa shape index (κ1) is 13.4. The summed E-state index contributed by atoms with van der Waals surface area (Å²) in [5.74, 6) is 0.0585. The summed E-state index contributed by atoms with van der Waals surface area (Å²) in [4.78, 5) is 13.6. The zero-order valence-electron chi connectivity index (χ0n) is 11.1. The van der Waals surface area contributed by atoms with E-state index in [1.807, 2.05) is 42.8 Å². The molecular weight excluding hydrogens is 256 g/mol. The maximum Gasteiger partial charge on any atom is 0.176 e. The summed E-state index contributed by atoms with van der Waals surface area (Å²) < 4.78 is 1.90. The maximum absolute atomic E-state index is 11.5. The van der Waals surface area contributed by atoms with Crippen molar-refractivity contribution in [1.29, 1.82) is 5.26 Å². The molecular formula is C15H14N2OS. The number of benzene rings is 1. The fourth-order valence-electron chi connectivity index (χ4n) is 1.87. The van der Waals surface area contributed by atoms with Crippen LogP contribution in [0.1, 0.15) is 28.7 Å². The molecule has 2 aromatic rings. The number of rotatable bonds is 3. The molecule has 19 heavy (non-hydrogen) atoms. The Labute approximate surface area is 116 Å². The minimum atomic E-state index is 0.0585. The third kappa shape index (κ3) is 2.72. The Morgan fingerprint density at radius 3 is 2.68 bits per heavy atom. The van der Waals surface area contributed by atoms with Crippen LogP contribution in [0.4, 0.5) is 0 Å². The average Bonchev–Trinajstić information content (AvgIpc) is 2.67. The molecule has 1 aromatic heterocycles. The van der Waals surface area contributed by atoms with Gasteiger partial charge in [0.05, 0.1) is 17.3 Å². The summed E-state index contributed by atoms with van der Waals surface area (Å²) in [5.41, 5.74) is 2.40. The summed E-state index contributed by atoms with van der Waals surface area (Å²) in [6, 6.07) is 11.5. The molecule has 96 valence electrons. The van der Waals surface area contributed by atoms with Gasteiger partial charge in [-0.05, 0) is 31.2 Å². The normalized spacial score (nSPS) is 10.2. The summed E-state index contributed by atoms with van der Waals surface area (Å²) in [6.45, 7) is 3.56. The van der Waals surface area contributed by atoms with Crippen LogP contribution in [0.25, 0.3) is 0 Å². The van der Waals surface area contributed by atoms with Crippen molar-refractivity contribution in [2.24, 2.45) is 7.05 Å². The number of hydrogen-bond acceptors (Lipinski definition) is 3. The van der Waals surface area contributed by atoms with Crippen LogP contribution in [-0.4, -0.2) is 10.4 Å². The third-order valence-electron chi connectivity index (χ3n) is 3.04. The predicted octanol–water partition coefficient (Wildman–Crippen LogP) is 3.56. The topological polar surface area (TPSA) is 45.8 Å². The van der Waals surface area contributed by atoms with Crippen molar-refractivity contribution in [1.82, 2.24) is 4.57 Å². The molecule has 0 fully saturated rings. The Balaban J connectivity index is 2.36. The van der Waals surface area contributed by atoms with Gasteiger partial charge in [0.15, 0.2) is 5.78 Å². The summed E-state index contributed by atoms with van der Waals surface area (Å²) in [7, 11) is 1.89. The molecule has 0 N–H and O–H groups in total. The summed E-state index contributed by atoms with van der Waals surface area (Å²) in [5, 5.41) is 8.90. The second-order valence-corrected chi connectivity index (χ2v) is 5.45. The summed E-state index contributed by atoms with van der Waals surface area (Å²) in [6.07, 6.45) is 0. The van der Waals surface area contributed by atoms with Crippen molar-refractivity contribution in [2.75, 3.05) is 0 Å². The monoisotopic (exact) mass is 270 g/mol. The predicted molar refractivity (Wildman–Crippen MR) is 75.4 cm³/mol. The molecule has 0 amide bonds. The van der Waals surface area contributed by atoms with E-state index in [4.69, 9.17) is 5.26 Å². The minimum absolute atomic E-state index is 0.0585. The molecule has 0 saturated carbocycles. The van der Waals surface area contributed by atoms with Crippen LogP contribution in [0.2, 0.25) is 0 Å². The smallest absolute Gasteiger partial charge is 0.176 e. The molecule has 1 aromatic carbocycles. The Bertz CT molecular complexity index is 680. The van der Waals surface area contributed by atoms with Gasteiger partial charge in [-0.1, -0.05) is 17.8 Å². The van der Waals surface area contributed by atoms with Crippen LogP contribution in [0.15, 0.2) is 40.1 Å². The number of nitrogens with zero attached hydrogens (tertiary/aromatic N) is 2. The first-order valence-electron chi connectivity index (χ1n) is 5.88. The van der Waals surface area contributed by atoms with Gasteiger partial charge in [-0.15, -0.1) is 0 Å². The number of nitriles is 1. The van der Waals surface area contributed by atoms with Gasteiger partial charge < -0.3 is 4.57 Å². The molecule has 0 aliphatic heterocycles. The van der Waals surface area contributed by atoms with Crippen molar-refractivity contribution in [3.05, 3.63) is 47.3 Å². The first-order chi connectivity index (χ1) is 9.02. The highest BCUT2D eigenvalue weighted by Gasteiger charge is 2.13. The largest absolute Gasteiger partial charge is 0.344 e. The van der Waals surface area contributed by atoms with Crippen LogP contribution in [0, 0.1) is 18.3 Å². The molecule has 0 aliphatic rings. The van der Waals surface area contributed by atoms with Crippen LogP contribution < -0.4 is 0 Å². The summed E-state index contributed by atoms with van der Waals surface area (Å²) >= 11 is 1.57. The fourth-order valence-corrected chi connectivity index (χ4v) is 2.91. The zero-order valence-corrected chi connectivity index (χ0v) is 11.9. The van der Waals surface area contributed by atoms with Crippen LogP contribution >= 0.6 is 11.8 Å². The highest BCUT2D eigenvalue weighted by molar-refractivity contribution is 7.99. The standard InChI is InChI=1S/C15H14N2OS/c1-10-15(8-14(11(2)18)17(10)3)19-13-6-4-5-12(7-13)9-16/h4-8H,1-3H3. The first-order valence-corrected chi connectivity index (χ1v) is 6.70. The van der Waals surface area contributed by atoms with Crippen molar-refractivity contribution >= 4 is 17.5 Å². The molecule has 0 atom stereocenters. The second kappa shape index (κ2) is 5.33. The molecule has 0 unspecified atom stereocenters. The van der Waals surface area contributed by atoms with Gasteiger partial charge in [0, 0.05) is 29.5 Å². The van der Waals surface area contributed by atoms with E-state index in [1.165, 1.54) is 0 Å². The van der Waals surface area contributed by atoms with E-state index in [9.17, 15) is 4.79 Å². The fraction of sp³-hybridized carbons (Fsp3) is 0.200. The lowest BCUT2D eigenvalue weighted by Crippen LogP contribution is -2.02. The highest BCUT2D eigenvalue weighted by Crippen LogP contribution is 2.32. The Morgan fingerprint density at radius 2 is 2.11 bits per heavy atom. The lowest BCUT2D eigenvalue weighted by molar-refractivity contribution is 0.101. The molecule has 3 nitrogen and oxygen atoms in total. The van der Waals surface area contributed by atoms with Gasteiger partial charge in [0.2, 0.25) is 0 Å². The zero-order chi connectivity index (χ0) is 14.0. The van der Waals surface area contributed by atoms with Crippen molar-refractivity contribution < 1.29 is 4.79 Å². The van der Waals surface area contributed by atoms with Crippen LogP contribution in [0.5, 0.6) is 0 Å². The van der Waals surface area contributed by atoms with E-state index < -0.39 is 0 Å². The molecule has 2 rings (SSSR count). The second-order valence-electron chi connectivity index (χ2n) is 4.34. The van der Waals surface area contributed by atoms with Crippen LogP contribution in [0.3, 0.4) is 0 Å². The van der Waals surface area contributed by atoms with Crippen LogP contribution in [-0.2, 0) is 7.05 Å². The van der Waals surface area contributed by atoms with E-state index >= 15 is 0 Å².